The van der Waals surface area contributed by atoms with Crippen LogP contribution in [-0.4, -0.2) is 0 Å². The largest absolute Gasteiger partial charge is 0.324 e. The van der Waals surface area contributed by atoms with Gasteiger partial charge in [-0.1, -0.05) is 30.3 Å². The summed E-state index contributed by atoms with van der Waals surface area (Å²) in [6.45, 7) is 0. The Morgan fingerprint density at radius 1 is 0.688 bits per heavy atom. The normalized spacial score (nSPS) is 10.8. The number of fused-ring (bicyclic) bond motifs is 2. The van der Waals surface area contributed by atoms with Gasteiger partial charge in [-0.3, -0.25) is 5.84 Å². The number of anilines is 1. The van der Waals surface area contributed by atoms with Crippen molar-refractivity contribution in [2.24, 2.45) is 5.84 Å². The molecular weight excluding hydrogens is 196 g/mol. The van der Waals surface area contributed by atoms with E-state index in [-0.39, 0.29) is 0 Å². The minimum absolute atomic E-state index is 0.933. The van der Waals surface area contributed by atoms with Crippen molar-refractivity contribution in [1.29, 1.82) is 0 Å². The molecule has 2 heteroatoms. The second-order valence-corrected chi connectivity index (χ2v) is 3.91. The summed E-state index contributed by atoms with van der Waals surface area (Å²) in [5.74, 6) is 5.40. The van der Waals surface area contributed by atoms with Crippen LogP contribution in [0.25, 0.3) is 21.5 Å². The van der Waals surface area contributed by atoms with Crippen LogP contribution in [0.4, 0.5) is 5.69 Å². The third kappa shape index (κ3) is 1.40. The Labute approximate surface area is 93.7 Å². The summed E-state index contributed by atoms with van der Waals surface area (Å²) >= 11 is 0. The molecule has 0 aliphatic carbocycles. The molecule has 2 nitrogen and oxygen atoms in total. The van der Waals surface area contributed by atoms with Gasteiger partial charge >= 0.3 is 0 Å². The first-order chi connectivity index (χ1) is 7.86. The van der Waals surface area contributed by atoms with Crippen molar-refractivity contribution >= 4 is 27.2 Å². The van der Waals surface area contributed by atoms with Gasteiger partial charge in [0.1, 0.15) is 0 Å². The van der Waals surface area contributed by atoms with Gasteiger partial charge in [-0.05, 0) is 45.8 Å². The van der Waals surface area contributed by atoms with Crippen molar-refractivity contribution in [1.82, 2.24) is 0 Å². The minimum Gasteiger partial charge on any atom is -0.324 e. The van der Waals surface area contributed by atoms with E-state index >= 15 is 0 Å². The highest BCUT2D eigenvalue weighted by molar-refractivity contribution is 5.99. The Bertz CT molecular complexity index is 659. The smallest absolute Gasteiger partial charge is 0.0491 e. The van der Waals surface area contributed by atoms with Crippen LogP contribution in [0.3, 0.4) is 0 Å². The number of benzene rings is 3. The maximum Gasteiger partial charge on any atom is 0.0491 e. The molecule has 3 N–H and O–H groups in total. The minimum atomic E-state index is 0.933. The zero-order valence-electron chi connectivity index (χ0n) is 8.77. The molecule has 0 saturated carbocycles. The first-order valence-electron chi connectivity index (χ1n) is 5.26. The molecule has 0 fully saturated rings. The van der Waals surface area contributed by atoms with Gasteiger partial charge in [-0.15, -0.1) is 0 Å². The number of hydrazine groups is 1. The van der Waals surface area contributed by atoms with Crippen molar-refractivity contribution in [3.63, 3.8) is 0 Å². The lowest BCUT2D eigenvalue weighted by Gasteiger charge is -2.04. The average molecular weight is 208 g/mol. The molecule has 0 saturated heterocycles. The van der Waals surface area contributed by atoms with E-state index in [2.05, 4.69) is 54.0 Å². The highest BCUT2D eigenvalue weighted by atomic mass is 15.2. The number of nitrogen functional groups attached to an aromatic ring is 1. The molecule has 0 amide bonds. The number of nitrogens with one attached hydrogen (secondary N) is 1. The molecule has 0 unspecified atom stereocenters. The SMILES string of the molecule is NNc1ccc2cc3ccccc3cc2c1. The van der Waals surface area contributed by atoms with Crippen LogP contribution >= 0.6 is 0 Å². The Kier molecular flexibility index (Phi) is 2.01. The van der Waals surface area contributed by atoms with E-state index in [4.69, 9.17) is 5.84 Å². The van der Waals surface area contributed by atoms with Gasteiger partial charge in [0.2, 0.25) is 0 Å². The highest BCUT2D eigenvalue weighted by Gasteiger charge is 1.98. The zero-order chi connectivity index (χ0) is 11.0. The summed E-state index contributed by atoms with van der Waals surface area (Å²) < 4.78 is 0. The van der Waals surface area contributed by atoms with E-state index in [1.807, 2.05) is 6.07 Å². The van der Waals surface area contributed by atoms with Gasteiger partial charge in [-0.2, -0.15) is 0 Å². The van der Waals surface area contributed by atoms with E-state index in [0.29, 0.717) is 0 Å². The van der Waals surface area contributed by atoms with Gasteiger partial charge < -0.3 is 5.43 Å². The monoisotopic (exact) mass is 208 g/mol. The van der Waals surface area contributed by atoms with Crippen molar-refractivity contribution in [3.05, 3.63) is 54.6 Å². The molecule has 3 aromatic rings. The van der Waals surface area contributed by atoms with E-state index in [1.165, 1.54) is 21.5 Å². The van der Waals surface area contributed by atoms with Crippen LogP contribution in [0.15, 0.2) is 54.6 Å². The lowest BCUT2D eigenvalue weighted by molar-refractivity contribution is 1.36. The fourth-order valence-corrected chi connectivity index (χ4v) is 2.03. The third-order valence-electron chi connectivity index (χ3n) is 2.87. The molecule has 16 heavy (non-hydrogen) atoms. The molecule has 0 aliphatic heterocycles. The molecule has 0 radical (unpaired) electrons. The van der Waals surface area contributed by atoms with Gasteiger partial charge in [0.05, 0.1) is 0 Å². The lowest BCUT2D eigenvalue weighted by atomic mass is 10.0. The Morgan fingerprint density at radius 2 is 1.31 bits per heavy atom. The van der Waals surface area contributed by atoms with E-state index < -0.39 is 0 Å². The van der Waals surface area contributed by atoms with Crippen molar-refractivity contribution in [2.75, 3.05) is 5.43 Å². The van der Waals surface area contributed by atoms with Crippen molar-refractivity contribution < 1.29 is 0 Å². The summed E-state index contributed by atoms with van der Waals surface area (Å²) in [6.07, 6.45) is 0. The van der Waals surface area contributed by atoms with Crippen LogP contribution < -0.4 is 11.3 Å². The molecule has 78 valence electrons. The van der Waals surface area contributed by atoms with Crippen LogP contribution in [0, 0.1) is 0 Å². The Balaban J connectivity index is 2.37. The molecule has 0 spiro atoms. The van der Waals surface area contributed by atoms with Gasteiger partial charge in [0, 0.05) is 5.69 Å². The zero-order valence-corrected chi connectivity index (χ0v) is 8.77. The fraction of sp³-hybridized carbons (Fsp3) is 0. The van der Waals surface area contributed by atoms with Crippen molar-refractivity contribution in [3.8, 4) is 0 Å². The molecule has 0 heterocycles. The van der Waals surface area contributed by atoms with Crippen LogP contribution in [0.5, 0.6) is 0 Å². The third-order valence-corrected chi connectivity index (χ3v) is 2.87. The number of nitrogens with two attached hydrogens (primary N) is 1. The summed E-state index contributed by atoms with van der Waals surface area (Å²) in [5.41, 5.74) is 3.60. The first kappa shape index (κ1) is 9.19. The van der Waals surface area contributed by atoms with Crippen LogP contribution in [0.2, 0.25) is 0 Å². The van der Waals surface area contributed by atoms with E-state index in [1.54, 1.807) is 0 Å². The topological polar surface area (TPSA) is 38.0 Å². The van der Waals surface area contributed by atoms with Crippen LogP contribution in [-0.2, 0) is 0 Å². The lowest BCUT2D eigenvalue weighted by Crippen LogP contribution is -2.06. The average Bonchev–Trinajstić information content (AvgIpc) is 2.35. The first-order valence-corrected chi connectivity index (χ1v) is 5.26. The fourth-order valence-electron chi connectivity index (χ4n) is 2.03. The molecular formula is C14H12N2. The van der Waals surface area contributed by atoms with Gasteiger partial charge in [-0.25, -0.2) is 0 Å². The molecule has 0 bridgehead atoms. The van der Waals surface area contributed by atoms with Gasteiger partial charge in [0.25, 0.3) is 0 Å². The quantitative estimate of drug-likeness (QED) is 0.366. The maximum absolute atomic E-state index is 5.40. The number of hydrogen-bond donors (Lipinski definition) is 2. The maximum atomic E-state index is 5.40. The molecule has 3 rings (SSSR count). The van der Waals surface area contributed by atoms with E-state index in [9.17, 15) is 0 Å². The van der Waals surface area contributed by atoms with Crippen LogP contribution in [0.1, 0.15) is 0 Å². The van der Waals surface area contributed by atoms with Crippen molar-refractivity contribution in [2.45, 2.75) is 0 Å². The summed E-state index contributed by atoms with van der Waals surface area (Å²) in [5, 5.41) is 4.96. The highest BCUT2D eigenvalue weighted by Crippen LogP contribution is 2.24. The predicted octanol–water partition coefficient (Wildman–Crippen LogP) is 3.28. The summed E-state index contributed by atoms with van der Waals surface area (Å²) in [6, 6.07) is 18.9. The Hall–Kier alpha value is -2.06. The molecule has 0 aliphatic rings. The second kappa shape index (κ2) is 3.51. The molecule has 0 atom stereocenters. The van der Waals surface area contributed by atoms with Gasteiger partial charge in [0.15, 0.2) is 0 Å². The van der Waals surface area contributed by atoms with E-state index in [0.717, 1.165) is 5.69 Å². The number of rotatable bonds is 1. The Morgan fingerprint density at radius 3 is 2.00 bits per heavy atom. The molecule has 3 aromatic carbocycles. The number of hydrogen-bond acceptors (Lipinski definition) is 2. The molecule has 0 aromatic heterocycles. The predicted molar refractivity (Wildman–Crippen MR) is 69.3 cm³/mol. The second-order valence-electron chi connectivity index (χ2n) is 3.91. The summed E-state index contributed by atoms with van der Waals surface area (Å²) in [7, 11) is 0. The summed E-state index contributed by atoms with van der Waals surface area (Å²) in [4.78, 5) is 0. The standard InChI is InChI=1S/C14H12N2/c15-16-14-6-5-12-7-10-3-1-2-4-11(10)8-13(12)9-14/h1-9,16H,15H2.